The first-order valence-electron chi connectivity index (χ1n) is 2.99. The predicted molar refractivity (Wildman–Crippen MR) is 39.9 cm³/mol. The molecule has 0 fully saturated rings. The third kappa shape index (κ3) is 2.10. The van der Waals surface area contributed by atoms with Crippen molar-refractivity contribution < 1.29 is 18.9 Å². The number of hydrogen-bond donors (Lipinski definition) is 0. The maximum atomic E-state index is 7.32. The molecule has 0 amide bonds. The van der Waals surface area contributed by atoms with Crippen LogP contribution in [0, 0.1) is 13.8 Å². The van der Waals surface area contributed by atoms with Gasteiger partial charge in [0.2, 0.25) is 0 Å². The first-order valence-corrected chi connectivity index (χ1v) is 2.99. The minimum absolute atomic E-state index is 0. The molecule has 1 aromatic carbocycles. The Morgan fingerprint density at radius 1 is 1.20 bits per heavy atom. The van der Waals surface area contributed by atoms with Gasteiger partial charge in [0, 0.05) is 0 Å². The molecule has 0 aliphatic rings. The van der Waals surface area contributed by atoms with Gasteiger partial charge in [-0.15, -0.1) is 5.69 Å². The van der Waals surface area contributed by atoms with Crippen molar-refractivity contribution in [3.05, 3.63) is 35.1 Å². The van der Waals surface area contributed by atoms with Gasteiger partial charge in [-0.1, -0.05) is 29.3 Å². The summed E-state index contributed by atoms with van der Waals surface area (Å²) in [5.74, 6) is 0. The van der Waals surface area contributed by atoms with E-state index in [1.54, 1.807) is 0 Å². The second-order valence-electron chi connectivity index (χ2n) is 2.32. The number of hydrogen-bond acceptors (Lipinski definition) is 0. The van der Waals surface area contributed by atoms with Crippen molar-refractivity contribution in [3.63, 3.8) is 0 Å². The van der Waals surface area contributed by atoms with Gasteiger partial charge in [-0.2, -0.15) is 0 Å². The van der Waals surface area contributed by atoms with E-state index in [1.807, 2.05) is 32.0 Å². The molecule has 2 heteroatoms. The summed E-state index contributed by atoms with van der Waals surface area (Å²) in [6.07, 6.45) is 0. The van der Waals surface area contributed by atoms with Crippen LogP contribution in [0.3, 0.4) is 0 Å². The molecule has 0 aromatic heterocycles. The summed E-state index contributed by atoms with van der Waals surface area (Å²) in [5, 5.41) is 0. The van der Waals surface area contributed by atoms with E-state index >= 15 is 0 Å². The Morgan fingerprint density at radius 3 is 2.20 bits per heavy atom. The molecule has 10 heavy (non-hydrogen) atoms. The summed E-state index contributed by atoms with van der Waals surface area (Å²) in [6, 6.07) is 5.79. The average Bonchev–Trinajstić information content (AvgIpc) is 1.80. The fourth-order valence-electron chi connectivity index (χ4n) is 0.814. The topological polar surface area (TPSA) is 23.8 Å². The van der Waals surface area contributed by atoms with Gasteiger partial charge in [-0.25, -0.2) is 0 Å². The van der Waals surface area contributed by atoms with Crippen LogP contribution in [-0.4, -0.2) is 0 Å². The molecule has 0 radical (unpaired) electrons. The van der Waals surface area contributed by atoms with Gasteiger partial charge >= 0.3 is 18.9 Å². The molecular weight excluding hydrogens is 117 g/mol. The van der Waals surface area contributed by atoms with Gasteiger partial charge in [0.1, 0.15) is 0 Å². The van der Waals surface area contributed by atoms with E-state index in [4.69, 9.17) is 5.73 Å². The summed E-state index contributed by atoms with van der Waals surface area (Å²) in [6.45, 7) is 3.99. The molecule has 0 aliphatic heterocycles. The Labute approximate surface area is 73.8 Å². The second kappa shape index (κ2) is 3.70. The van der Waals surface area contributed by atoms with Gasteiger partial charge in [-0.3, -0.25) is 0 Å². The molecule has 1 N–H and O–H groups in total. The van der Waals surface area contributed by atoms with Gasteiger partial charge < -0.3 is 5.73 Å². The average molecular weight is 127 g/mol. The summed E-state index contributed by atoms with van der Waals surface area (Å²) in [7, 11) is 0. The van der Waals surface area contributed by atoms with Crippen LogP contribution in [0.15, 0.2) is 18.2 Å². The van der Waals surface area contributed by atoms with Crippen molar-refractivity contribution in [2.24, 2.45) is 0 Å². The number of rotatable bonds is 0. The van der Waals surface area contributed by atoms with Gasteiger partial charge in [-0.05, 0) is 13.8 Å². The molecular formula is C8H10LiN. The third-order valence-electron chi connectivity index (χ3n) is 1.38. The van der Waals surface area contributed by atoms with Crippen LogP contribution < -0.4 is 18.9 Å². The smallest absolute Gasteiger partial charge is 0.699 e. The second-order valence-corrected chi connectivity index (χ2v) is 2.32. The molecule has 1 aromatic rings. The van der Waals surface area contributed by atoms with E-state index in [0.29, 0.717) is 5.69 Å². The Bertz CT molecular complexity index is 220. The SMILES string of the molecule is Cc1ccc([NH-])c(C)c1.[Li+]. The fraction of sp³-hybridized carbons (Fsp3) is 0.250. The maximum absolute atomic E-state index is 7.32. The normalized spacial score (nSPS) is 8.60. The van der Waals surface area contributed by atoms with Gasteiger partial charge in [0.15, 0.2) is 0 Å². The molecule has 0 unspecified atom stereocenters. The van der Waals surface area contributed by atoms with E-state index in [-0.39, 0.29) is 18.9 Å². The van der Waals surface area contributed by atoms with Crippen molar-refractivity contribution in [2.45, 2.75) is 13.8 Å². The molecule has 0 atom stereocenters. The summed E-state index contributed by atoms with van der Waals surface area (Å²) < 4.78 is 0. The monoisotopic (exact) mass is 127 g/mol. The molecule has 0 spiro atoms. The van der Waals surface area contributed by atoms with Crippen molar-refractivity contribution in [1.29, 1.82) is 0 Å². The molecule has 0 bridgehead atoms. The van der Waals surface area contributed by atoms with E-state index in [1.165, 1.54) is 5.56 Å². The first-order chi connectivity index (χ1) is 4.20. The van der Waals surface area contributed by atoms with Crippen LogP contribution in [0.2, 0.25) is 0 Å². The molecule has 1 nitrogen and oxygen atoms in total. The zero-order valence-corrected chi connectivity index (χ0v) is 6.73. The van der Waals surface area contributed by atoms with Crippen LogP contribution in [-0.2, 0) is 0 Å². The number of nitrogens with one attached hydrogen (secondary N) is 1. The minimum Gasteiger partial charge on any atom is -0.699 e. The van der Waals surface area contributed by atoms with Crippen LogP contribution in [0.4, 0.5) is 5.69 Å². The predicted octanol–water partition coefficient (Wildman–Crippen LogP) is -0.00886. The summed E-state index contributed by atoms with van der Waals surface area (Å²) in [4.78, 5) is 0. The van der Waals surface area contributed by atoms with Crippen molar-refractivity contribution >= 4 is 5.69 Å². The minimum atomic E-state index is 0. The van der Waals surface area contributed by atoms with E-state index in [0.717, 1.165) is 5.56 Å². The van der Waals surface area contributed by atoms with E-state index < -0.39 is 0 Å². The van der Waals surface area contributed by atoms with Crippen molar-refractivity contribution in [2.75, 3.05) is 0 Å². The maximum Gasteiger partial charge on any atom is 1.00 e. The van der Waals surface area contributed by atoms with Crippen LogP contribution in [0.5, 0.6) is 0 Å². The zero-order chi connectivity index (χ0) is 6.85. The molecule has 0 heterocycles. The molecule has 1 rings (SSSR count). The third-order valence-corrected chi connectivity index (χ3v) is 1.38. The Balaban J connectivity index is 0.000000810. The molecule has 0 aliphatic carbocycles. The number of benzene rings is 1. The van der Waals surface area contributed by atoms with Crippen molar-refractivity contribution in [3.8, 4) is 0 Å². The Hall–Kier alpha value is -0.383. The summed E-state index contributed by atoms with van der Waals surface area (Å²) >= 11 is 0. The largest absolute Gasteiger partial charge is 1.00 e. The zero-order valence-electron chi connectivity index (χ0n) is 6.73. The summed E-state index contributed by atoms with van der Waals surface area (Å²) in [5.41, 5.74) is 10.2. The molecule has 0 saturated carbocycles. The van der Waals surface area contributed by atoms with Gasteiger partial charge in [0.05, 0.1) is 0 Å². The van der Waals surface area contributed by atoms with Crippen molar-refractivity contribution in [1.82, 2.24) is 0 Å². The van der Waals surface area contributed by atoms with E-state index in [9.17, 15) is 0 Å². The molecule has 0 saturated heterocycles. The number of aryl methyl sites for hydroxylation is 2. The van der Waals surface area contributed by atoms with E-state index in [2.05, 4.69) is 0 Å². The van der Waals surface area contributed by atoms with Gasteiger partial charge in [0.25, 0.3) is 0 Å². The Morgan fingerprint density at radius 2 is 1.80 bits per heavy atom. The first kappa shape index (κ1) is 9.62. The quantitative estimate of drug-likeness (QED) is 0.438. The Kier molecular flexibility index (Phi) is 3.56. The molecule has 48 valence electrons. The van der Waals surface area contributed by atoms with Crippen LogP contribution in [0.1, 0.15) is 11.1 Å². The van der Waals surface area contributed by atoms with Crippen LogP contribution in [0.25, 0.3) is 5.73 Å². The standard InChI is InChI=1S/C8H10N.Li/c1-6-3-4-8(9)7(2)5-6;/h3-5,9H,1-2H3;/q-1;+1. The van der Waals surface area contributed by atoms with Crippen LogP contribution >= 0.6 is 0 Å². The fourth-order valence-corrected chi connectivity index (χ4v) is 0.814.